The van der Waals surface area contributed by atoms with E-state index in [1.165, 1.54) is 30.2 Å². The summed E-state index contributed by atoms with van der Waals surface area (Å²) in [5.41, 5.74) is -0.173. The summed E-state index contributed by atoms with van der Waals surface area (Å²) in [4.78, 5) is 14.1. The summed E-state index contributed by atoms with van der Waals surface area (Å²) in [5, 5.41) is 9.71. The molecule has 1 aliphatic heterocycles. The van der Waals surface area contributed by atoms with E-state index >= 15 is 0 Å². The SMILES string of the molecule is COc1ccc(F)cc1C(=O)N(C)CC1(CO)CCOCC1. The third kappa shape index (κ3) is 3.56. The summed E-state index contributed by atoms with van der Waals surface area (Å²) in [5.74, 6) is -0.473. The Morgan fingerprint density at radius 3 is 2.73 bits per heavy atom. The van der Waals surface area contributed by atoms with Crippen LogP contribution >= 0.6 is 0 Å². The molecule has 0 unspecified atom stereocenters. The number of benzene rings is 1. The Morgan fingerprint density at radius 1 is 1.45 bits per heavy atom. The number of rotatable bonds is 5. The zero-order valence-corrected chi connectivity index (χ0v) is 13.0. The van der Waals surface area contributed by atoms with Crippen LogP contribution in [0.15, 0.2) is 18.2 Å². The Hall–Kier alpha value is -1.66. The Labute approximate surface area is 129 Å². The highest BCUT2D eigenvalue weighted by atomic mass is 19.1. The van der Waals surface area contributed by atoms with E-state index in [1.807, 2.05) is 0 Å². The van der Waals surface area contributed by atoms with E-state index in [2.05, 4.69) is 0 Å². The van der Waals surface area contributed by atoms with Crippen LogP contribution in [0, 0.1) is 11.2 Å². The monoisotopic (exact) mass is 311 g/mol. The first-order valence-corrected chi connectivity index (χ1v) is 7.29. The van der Waals surface area contributed by atoms with E-state index < -0.39 is 5.82 Å². The van der Waals surface area contributed by atoms with Gasteiger partial charge in [0, 0.05) is 32.2 Å². The molecule has 1 aromatic rings. The zero-order valence-electron chi connectivity index (χ0n) is 13.0. The third-order valence-corrected chi connectivity index (χ3v) is 4.20. The number of ether oxygens (including phenoxy) is 2. The topological polar surface area (TPSA) is 59.0 Å². The van der Waals surface area contributed by atoms with Gasteiger partial charge in [0.05, 0.1) is 19.3 Å². The van der Waals surface area contributed by atoms with E-state index in [0.29, 0.717) is 38.3 Å². The van der Waals surface area contributed by atoms with Gasteiger partial charge in [0.1, 0.15) is 11.6 Å². The number of hydrogen-bond donors (Lipinski definition) is 1. The van der Waals surface area contributed by atoms with Crippen molar-refractivity contribution in [3.63, 3.8) is 0 Å². The van der Waals surface area contributed by atoms with Gasteiger partial charge in [-0.05, 0) is 31.0 Å². The second-order valence-electron chi connectivity index (χ2n) is 5.78. The third-order valence-electron chi connectivity index (χ3n) is 4.20. The normalized spacial score (nSPS) is 17.1. The number of aliphatic hydroxyl groups is 1. The molecule has 1 N–H and O–H groups in total. The van der Waals surface area contributed by atoms with Gasteiger partial charge < -0.3 is 19.5 Å². The fraction of sp³-hybridized carbons (Fsp3) is 0.562. The van der Waals surface area contributed by atoms with Crippen LogP contribution in [0.4, 0.5) is 4.39 Å². The van der Waals surface area contributed by atoms with Crippen molar-refractivity contribution in [1.82, 2.24) is 4.90 Å². The molecule has 0 aliphatic carbocycles. The predicted molar refractivity (Wildman–Crippen MR) is 79.5 cm³/mol. The molecule has 1 amide bonds. The van der Waals surface area contributed by atoms with Gasteiger partial charge >= 0.3 is 0 Å². The molecule has 122 valence electrons. The van der Waals surface area contributed by atoms with Crippen molar-refractivity contribution in [3.05, 3.63) is 29.6 Å². The highest BCUT2D eigenvalue weighted by Gasteiger charge is 2.34. The Bertz CT molecular complexity index is 529. The molecule has 6 heteroatoms. The van der Waals surface area contributed by atoms with Crippen LogP contribution in [-0.4, -0.2) is 56.4 Å². The molecule has 1 saturated heterocycles. The Morgan fingerprint density at radius 2 is 2.14 bits per heavy atom. The molecule has 0 bridgehead atoms. The van der Waals surface area contributed by atoms with Crippen LogP contribution in [0.1, 0.15) is 23.2 Å². The minimum Gasteiger partial charge on any atom is -0.496 e. The summed E-state index contributed by atoms with van der Waals surface area (Å²) in [6, 6.07) is 3.86. The molecule has 5 nitrogen and oxygen atoms in total. The molecule has 22 heavy (non-hydrogen) atoms. The molecular formula is C16H22FNO4. The van der Waals surface area contributed by atoms with E-state index in [4.69, 9.17) is 9.47 Å². The van der Waals surface area contributed by atoms with Crippen LogP contribution in [0.25, 0.3) is 0 Å². The molecule has 0 atom stereocenters. The summed E-state index contributed by atoms with van der Waals surface area (Å²) in [6.45, 7) is 1.54. The van der Waals surface area contributed by atoms with Crippen molar-refractivity contribution < 1.29 is 23.8 Å². The molecular weight excluding hydrogens is 289 g/mol. The van der Waals surface area contributed by atoms with Gasteiger partial charge in [0.2, 0.25) is 0 Å². The molecule has 1 fully saturated rings. The number of nitrogens with zero attached hydrogens (tertiary/aromatic N) is 1. The minimum atomic E-state index is -0.486. The van der Waals surface area contributed by atoms with Crippen LogP contribution in [0.5, 0.6) is 5.75 Å². The van der Waals surface area contributed by atoms with Gasteiger partial charge in [0.15, 0.2) is 0 Å². The van der Waals surface area contributed by atoms with Gasteiger partial charge in [0.25, 0.3) is 5.91 Å². The van der Waals surface area contributed by atoms with Crippen LogP contribution < -0.4 is 4.74 Å². The van der Waals surface area contributed by atoms with Crippen molar-refractivity contribution in [2.24, 2.45) is 5.41 Å². The van der Waals surface area contributed by atoms with E-state index in [9.17, 15) is 14.3 Å². The first-order chi connectivity index (χ1) is 10.5. The smallest absolute Gasteiger partial charge is 0.257 e. The number of carbonyl (C=O) groups excluding carboxylic acids is 1. The summed E-state index contributed by atoms with van der Waals surface area (Å²) in [7, 11) is 3.09. The minimum absolute atomic E-state index is 0.00569. The average molecular weight is 311 g/mol. The van der Waals surface area contributed by atoms with Crippen molar-refractivity contribution in [2.45, 2.75) is 12.8 Å². The standard InChI is InChI=1S/C16H22FNO4/c1-18(10-16(11-19)5-7-22-8-6-16)15(20)13-9-12(17)3-4-14(13)21-2/h3-4,9,19H,5-8,10-11H2,1-2H3. The number of halogens is 1. The van der Waals surface area contributed by atoms with Gasteiger partial charge in [-0.25, -0.2) is 4.39 Å². The largest absolute Gasteiger partial charge is 0.496 e. The first-order valence-electron chi connectivity index (χ1n) is 7.29. The zero-order chi connectivity index (χ0) is 16.2. The van der Waals surface area contributed by atoms with Crippen molar-refractivity contribution in [1.29, 1.82) is 0 Å². The van der Waals surface area contributed by atoms with Crippen molar-refractivity contribution in [2.75, 3.05) is 40.5 Å². The molecule has 1 aliphatic rings. The fourth-order valence-corrected chi connectivity index (χ4v) is 2.80. The van der Waals surface area contributed by atoms with Gasteiger partial charge in [-0.1, -0.05) is 0 Å². The number of hydrogen-bond acceptors (Lipinski definition) is 4. The van der Waals surface area contributed by atoms with E-state index in [1.54, 1.807) is 7.05 Å². The molecule has 0 spiro atoms. The maximum Gasteiger partial charge on any atom is 0.257 e. The molecule has 0 aromatic heterocycles. The number of carbonyl (C=O) groups is 1. The quantitative estimate of drug-likeness (QED) is 0.899. The lowest BCUT2D eigenvalue weighted by Crippen LogP contribution is -2.44. The lowest BCUT2D eigenvalue weighted by atomic mass is 9.80. The Kier molecular flexibility index (Phi) is 5.37. The van der Waals surface area contributed by atoms with Crippen molar-refractivity contribution in [3.8, 4) is 5.75 Å². The highest BCUT2D eigenvalue weighted by molar-refractivity contribution is 5.96. The predicted octanol–water partition coefficient (Wildman–Crippen LogP) is 1.70. The molecule has 0 radical (unpaired) electrons. The van der Waals surface area contributed by atoms with Gasteiger partial charge in [-0.3, -0.25) is 4.79 Å². The molecule has 1 aromatic carbocycles. The van der Waals surface area contributed by atoms with Crippen molar-refractivity contribution >= 4 is 5.91 Å². The van der Waals surface area contributed by atoms with Gasteiger partial charge in [-0.2, -0.15) is 0 Å². The average Bonchev–Trinajstić information content (AvgIpc) is 2.54. The second-order valence-corrected chi connectivity index (χ2v) is 5.78. The maximum atomic E-state index is 13.4. The van der Waals surface area contributed by atoms with Gasteiger partial charge in [-0.15, -0.1) is 0 Å². The summed E-state index contributed by atoms with van der Waals surface area (Å²) < 4.78 is 23.9. The molecule has 2 rings (SSSR count). The maximum absolute atomic E-state index is 13.4. The lowest BCUT2D eigenvalue weighted by Gasteiger charge is -2.38. The van der Waals surface area contributed by atoms with Crippen LogP contribution in [-0.2, 0) is 4.74 Å². The fourth-order valence-electron chi connectivity index (χ4n) is 2.80. The second kappa shape index (κ2) is 7.07. The summed E-state index contributed by atoms with van der Waals surface area (Å²) >= 11 is 0. The number of methoxy groups -OCH3 is 1. The summed E-state index contributed by atoms with van der Waals surface area (Å²) in [6.07, 6.45) is 1.39. The van der Waals surface area contributed by atoms with E-state index in [-0.39, 0.29) is 23.5 Å². The number of aliphatic hydroxyl groups excluding tert-OH is 1. The van der Waals surface area contributed by atoms with E-state index in [0.717, 1.165) is 0 Å². The first kappa shape index (κ1) is 16.7. The molecule has 1 heterocycles. The molecule has 0 saturated carbocycles. The van der Waals surface area contributed by atoms with Crippen LogP contribution in [0.2, 0.25) is 0 Å². The lowest BCUT2D eigenvalue weighted by molar-refractivity contribution is -0.0283. The Balaban J connectivity index is 2.16. The number of amides is 1. The highest BCUT2D eigenvalue weighted by Crippen LogP contribution is 2.31. The van der Waals surface area contributed by atoms with Crippen LogP contribution in [0.3, 0.4) is 0 Å².